The summed E-state index contributed by atoms with van der Waals surface area (Å²) in [7, 11) is 3.85. The fourth-order valence-electron chi connectivity index (χ4n) is 2.83. The Morgan fingerprint density at radius 2 is 1.78 bits per heavy atom. The van der Waals surface area contributed by atoms with Crippen LogP contribution in [0.2, 0.25) is 0 Å². The average molecular weight is 312 g/mol. The molecule has 7 heteroatoms. The number of amides is 2. The number of pyridine rings is 1. The van der Waals surface area contributed by atoms with Gasteiger partial charge >= 0.3 is 0 Å². The van der Waals surface area contributed by atoms with Gasteiger partial charge in [-0.2, -0.15) is 0 Å². The Morgan fingerprint density at radius 1 is 1.09 bits per heavy atom. The molecule has 0 unspecified atom stereocenters. The molecule has 1 aliphatic heterocycles. The maximum absolute atomic E-state index is 12.4. The Morgan fingerprint density at radius 3 is 2.39 bits per heavy atom. The van der Waals surface area contributed by atoms with E-state index in [0.29, 0.717) is 5.69 Å². The van der Waals surface area contributed by atoms with Gasteiger partial charge in [0.2, 0.25) is 0 Å². The lowest BCUT2D eigenvalue weighted by molar-refractivity contribution is 0.0880. The van der Waals surface area contributed by atoms with Crippen molar-refractivity contribution in [3.63, 3.8) is 0 Å². The van der Waals surface area contributed by atoms with E-state index < -0.39 is 17.4 Å². The number of nitrogen functional groups attached to an aromatic ring is 1. The molecule has 23 heavy (non-hydrogen) atoms. The van der Waals surface area contributed by atoms with Crippen LogP contribution in [0.3, 0.4) is 0 Å². The van der Waals surface area contributed by atoms with E-state index in [4.69, 9.17) is 5.73 Å². The highest BCUT2D eigenvalue weighted by Crippen LogP contribution is 2.25. The lowest BCUT2D eigenvalue weighted by Gasteiger charge is -2.18. The van der Waals surface area contributed by atoms with E-state index in [-0.39, 0.29) is 16.9 Å². The van der Waals surface area contributed by atoms with Crippen LogP contribution in [0.15, 0.2) is 29.1 Å². The van der Waals surface area contributed by atoms with Crippen LogP contribution in [-0.2, 0) is 0 Å². The molecule has 3 rings (SSSR count). The van der Waals surface area contributed by atoms with E-state index in [1.165, 1.54) is 4.57 Å². The van der Waals surface area contributed by atoms with Crippen molar-refractivity contribution in [1.29, 1.82) is 0 Å². The van der Waals surface area contributed by atoms with Crippen LogP contribution in [0.4, 0.5) is 11.5 Å². The van der Waals surface area contributed by atoms with Crippen molar-refractivity contribution < 1.29 is 9.59 Å². The van der Waals surface area contributed by atoms with Crippen LogP contribution in [0.1, 0.15) is 26.3 Å². The van der Waals surface area contributed by atoms with Crippen molar-refractivity contribution in [3.8, 4) is 5.69 Å². The van der Waals surface area contributed by atoms with Crippen molar-refractivity contribution in [2.24, 2.45) is 0 Å². The van der Waals surface area contributed by atoms with E-state index in [0.717, 1.165) is 17.3 Å². The molecule has 2 heterocycles. The number of hydrogen-bond donors (Lipinski definition) is 2. The summed E-state index contributed by atoms with van der Waals surface area (Å²) in [6.07, 6.45) is 0. The van der Waals surface area contributed by atoms with Gasteiger partial charge in [-0.3, -0.25) is 24.3 Å². The van der Waals surface area contributed by atoms with E-state index in [1.807, 2.05) is 38.1 Å². The number of fused-ring (bicyclic) bond motifs is 1. The SMILES string of the molecule is Cc1cc(-n2c(N)c3c(cc2=O)C(=O)NC3=O)ccc1N(C)C. The Kier molecular flexibility index (Phi) is 3.21. The second kappa shape index (κ2) is 4.98. The zero-order valence-electron chi connectivity index (χ0n) is 13.0. The number of carbonyl (C=O) groups is 2. The summed E-state index contributed by atoms with van der Waals surface area (Å²) in [4.78, 5) is 37.9. The van der Waals surface area contributed by atoms with Crippen LogP contribution in [0.25, 0.3) is 5.69 Å². The van der Waals surface area contributed by atoms with E-state index in [1.54, 1.807) is 6.07 Å². The van der Waals surface area contributed by atoms with Gasteiger partial charge < -0.3 is 10.6 Å². The smallest absolute Gasteiger partial charge is 0.262 e. The molecule has 1 aromatic heterocycles. The molecule has 0 fully saturated rings. The largest absolute Gasteiger partial charge is 0.384 e. The first-order valence-corrected chi connectivity index (χ1v) is 7.01. The molecule has 7 nitrogen and oxygen atoms in total. The molecule has 118 valence electrons. The van der Waals surface area contributed by atoms with Gasteiger partial charge in [0.15, 0.2) is 0 Å². The third-order valence-corrected chi connectivity index (χ3v) is 3.87. The van der Waals surface area contributed by atoms with Crippen LogP contribution in [0, 0.1) is 6.92 Å². The van der Waals surface area contributed by atoms with E-state index in [9.17, 15) is 14.4 Å². The Balaban J connectivity index is 2.25. The molecule has 2 amide bonds. The van der Waals surface area contributed by atoms with Gasteiger partial charge in [0.05, 0.1) is 16.8 Å². The molecule has 1 aliphatic rings. The van der Waals surface area contributed by atoms with Crippen molar-refractivity contribution in [2.45, 2.75) is 6.92 Å². The van der Waals surface area contributed by atoms with Crippen LogP contribution >= 0.6 is 0 Å². The number of hydrogen-bond acceptors (Lipinski definition) is 5. The number of benzene rings is 1. The van der Waals surface area contributed by atoms with Gasteiger partial charge in [-0.1, -0.05) is 0 Å². The third kappa shape index (κ3) is 2.17. The van der Waals surface area contributed by atoms with E-state index in [2.05, 4.69) is 5.32 Å². The van der Waals surface area contributed by atoms with Gasteiger partial charge in [0.1, 0.15) is 5.82 Å². The second-order valence-corrected chi connectivity index (χ2v) is 5.64. The molecule has 3 N–H and O–H groups in total. The lowest BCUT2D eigenvalue weighted by Crippen LogP contribution is -2.24. The highest BCUT2D eigenvalue weighted by molar-refractivity contribution is 6.23. The van der Waals surface area contributed by atoms with Gasteiger partial charge in [-0.05, 0) is 30.7 Å². The quantitative estimate of drug-likeness (QED) is 0.795. The first-order valence-electron chi connectivity index (χ1n) is 7.01. The number of nitrogens with zero attached hydrogens (tertiary/aromatic N) is 2. The number of aromatic nitrogens is 1. The summed E-state index contributed by atoms with van der Waals surface area (Å²) in [6, 6.07) is 6.57. The van der Waals surface area contributed by atoms with Gasteiger partial charge in [0.25, 0.3) is 17.4 Å². The highest BCUT2D eigenvalue weighted by Gasteiger charge is 2.31. The maximum Gasteiger partial charge on any atom is 0.262 e. The van der Waals surface area contributed by atoms with Crippen LogP contribution in [-0.4, -0.2) is 30.5 Å². The molecule has 0 saturated carbocycles. The fourth-order valence-corrected chi connectivity index (χ4v) is 2.83. The first-order chi connectivity index (χ1) is 10.8. The van der Waals surface area contributed by atoms with Crippen LogP contribution < -0.4 is 21.5 Å². The molecule has 1 aromatic carbocycles. The number of aryl methyl sites for hydroxylation is 1. The van der Waals surface area contributed by atoms with Gasteiger partial charge in [-0.25, -0.2) is 0 Å². The van der Waals surface area contributed by atoms with Crippen molar-refractivity contribution >= 4 is 23.3 Å². The summed E-state index contributed by atoms with van der Waals surface area (Å²) in [5.74, 6) is -1.22. The van der Waals surface area contributed by atoms with Gasteiger partial charge in [0, 0.05) is 25.8 Å². The molecule has 2 aromatic rings. The minimum Gasteiger partial charge on any atom is -0.384 e. The van der Waals surface area contributed by atoms with E-state index >= 15 is 0 Å². The molecular weight excluding hydrogens is 296 g/mol. The third-order valence-electron chi connectivity index (χ3n) is 3.87. The maximum atomic E-state index is 12.4. The fraction of sp³-hybridized carbons (Fsp3) is 0.188. The predicted octanol–water partition coefficient (Wildman–Crippen LogP) is 0.678. The summed E-state index contributed by atoms with van der Waals surface area (Å²) in [5, 5.41) is 2.15. The number of rotatable bonds is 2. The van der Waals surface area contributed by atoms with Crippen LogP contribution in [0.5, 0.6) is 0 Å². The number of imide groups is 1. The van der Waals surface area contributed by atoms with Crippen molar-refractivity contribution in [1.82, 2.24) is 9.88 Å². The monoisotopic (exact) mass is 312 g/mol. The Bertz CT molecular complexity index is 912. The average Bonchev–Trinajstić information content (AvgIpc) is 2.73. The molecular formula is C16H16N4O3. The minimum atomic E-state index is -0.597. The zero-order valence-corrected chi connectivity index (χ0v) is 13.0. The molecule has 0 saturated heterocycles. The summed E-state index contributed by atoms with van der Waals surface area (Å²) in [6.45, 7) is 1.92. The zero-order chi connectivity index (χ0) is 16.9. The Labute approximate surface area is 132 Å². The van der Waals surface area contributed by atoms with Gasteiger partial charge in [-0.15, -0.1) is 0 Å². The number of carbonyl (C=O) groups excluding carboxylic acids is 2. The molecule has 0 spiro atoms. The standard InChI is InChI=1S/C16H16N4O3/c1-8-6-9(4-5-11(8)19(2)3)20-12(21)7-10-13(14(20)17)16(23)18-15(10)22/h4-7H,17H2,1-3H3,(H,18,22,23). The summed E-state index contributed by atoms with van der Waals surface area (Å²) in [5.41, 5.74) is 8.13. The first kappa shape index (κ1) is 14.8. The van der Waals surface area contributed by atoms with Crippen molar-refractivity contribution in [3.05, 3.63) is 51.3 Å². The lowest BCUT2D eigenvalue weighted by atomic mass is 10.1. The molecule has 0 bridgehead atoms. The van der Waals surface area contributed by atoms with Crippen molar-refractivity contribution in [2.75, 3.05) is 24.7 Å². The summed E-state index contributed by atoms with van der Waals surface area (Å²) >= 11 is 0. The number of nitrogens with two attached hydrogens (primary N) is 1. The predicted molar refractivity (Wildman–Crippen MR) is 87.3 cm³/mol. The minimum absolute atomic E-state index is 0.0235. The Hall–Kier alpha value is -3.09. The topological polar surface area (TPSA) is 97.4 Å². The highest BCUT2D eigenvalue weighted by atomic mass is 16.2. The number of anilines is 2. The molecule has 0 aliphatic carbocycles. The summed E-state index contributed by atoms with van der Waals surface area (Å²) < 4.78 is 1.24. The second-order valence-electron chi connectivity index (χ2n) is 5.64. The number of nitrogens with one attached hydrogen (secondary N) is 1. The normalized spacial score (nSPS) is 13.0. The molecule has 0 atom stereocenters. The molecule has 0 radical (unpaired) electrons.